The summed E-state index contributed by atoms with van der Waals surface area (Å²) >= 11 is 0. The average molecular weight is 469 g/mol. The lowest BCUT2D eigenvalue weighted by Crippen LogP contribution is -2.34. The predicted molar refractivity (Wildman–Crippen MR) is 135 cm³/mol. The van der Waals surface area contributed by atoms with Crippen molar-refractivity contribution in [2.45, 2.75) is 25.5 Å². The second kappa shape index (κ2) is 10.5. The number of aromatic nitrogens is 2. The summed E-state index contributed by atoms with van der Waals surface area (Å²) in [4.78, 5) is 34.4. The molecule has 4 aromatic rings. The van der Waals surface area contributed by atoms with Gasteiger partial charge in [-0.2, -0.15) is 0 Å². The Morgan fingerprint density at radius 3 is 2.69 bits per heavy atom. The van der Waals surface area contributed by atoms with Crippen LogP contribution in [0.5, 0.6) is 5.75 Å². The van der Waals surface area contributed by atoms with Gasteiger partial charge in [0.1, 0.15) is 17.7 Å². The number of carbonyl (C=O) groups is 1. The van der Waals surface area contributed by atoms with E-state index < -0.39 is 0 Å². The number of fused-ring (bicyclic) bond motifs is 2. The van der Waals surface area contributed by atoms with Crippen molar-refractivity contribution in [2.75, 3.05) is 19.6 Å². The van der Waals surface area contributed by atoms with E-state index in [2.05, 4.69) is 38.4 Å². The smallest absolute Gasteiger partial charge is 0.258 e. The number of nitrogens with one attached hydrogen (secondary N) is 2. The molecule has 0 saturated carbocycles. The Hall–Kier alpha value is -3.97. The molecule has 7 nitrogen and oxygen atoms in total. The average Bonchev–Trinajstić information content (AvgIpc) is 3.07. The van der Waals surface area contributed by atoms with Crippen LogP contribution in [0.1, 0.15) is 29.5 Å². The third-order valence-corrected chi connectivity index (χ3v) is 6.23. The highest BCUT2D eigenvalue weighted by atomic mass is 16.5. The minimum Gasteiger partial charge on any atom is -0.484 e. The number of H-pyrrole nitrogens is 1. The molecule has 2 N–H and O–H groups in total. The van der Waals surface area contributed by atoms with Gasteiger partial charge in [0.15, 0.2) is 0 Å². The monoisotopic (exact) mass is 468 g/mol. The Balaban J connectivity index is 1.18. The molecule has 5 rings (SSSR count). The fourth-order valence-electron chi connectivity index (χ4n) is 4.41. The van der Waals surface area contributed by atoms with E-state index in [1.807, 2.05) is 54.6 Å². The molecule has 1 amide bonds. The Kier molecular flexibility index (Phi) is 6.86. The number of aromatic amines is 1. The lowest BCUT2D eigenvalue weighted by atomic mass is 10.1. The van der Waals surface area contributed by atoms with Crippen LogP contribution in [-0.2, 0) is 17.8 Å². The number of carbonyl (C=O) groups excluding carboxylic acids is 1. The lowest BCUT2D eigenvalue weighted by Gasteiger charge is -2.24. The first-order chi connectivity index (χ1) is 17.2. The summed E-state index contributed by atoms with van der Waals surface area (Å²) in [6.45, 7) is 2.47. The molecule has 0 radical (unpaired) electrons. The van der Waals surface area contributed by atoms with Crippen molar-refractivity contribution in [3.8, 4) is 5.75 Å². The van der Waals surface area contributed by atoms with Crippen LogP contribution in [-0.4, -0.2) is 40.4 Å². The van der Waals surface area contributed by atoms with Crippen molar-refractivity contribution in [1.29, 1.82) is 0 Å². The molecule has 7 heteroatoms. The van der Waals surface area contributed by atoms with Gasteiger partial charge in [0.2, 0.25) is 5.91 Å². The first-order valence-electron chi connectivity index (χ1n) is 11.9. The molecule has 0 fully saturated rings. The molecule has 1 atom stereocenters. The summed E-state index contributed by atoms with van der Waals surface area (Å²) in [6, 6.07) is 25.5. The number of hydrogen-bond acceptors (Lipinski definition) is 5. The van der Waals surface area contributed by atoms with E-state index in [4.69, 9.17) is 4.74 Å². The van der Waals surface area contributed by atoms with Gasteiger partial charge in [0.25, 0.3) is 5.56 Å². The van der Waals surface area contributed by atoms with Crippen LogP contribution in [0.2, 0.25) is 0 Å². The zero-order chi connectivity index (χ0) is 24.0. The van der Waals surface area contributed by atoms with Crippen LogP contribution in [0.4, 0.5) is 0 Å². The van der Waals surface area contributed by atoms with E-state index in [0.29, 0.717) is 49.2 Å². The van der Waals surface area contributed by atoms with E-state index in [1.165, 1.54) is 0 Å². The Labute approximate surface area is 203 Å². The van der Waals surface area contributed by atoms with E-state index >= 15 is 0 Å². The molecule has 1 aromatic heterocycles. The lowest BCUT2D eigenvalue weighted by molar-refractivity contribution is -0.121. The summed E-state index contributed by atoms with van der Waals surface area (Å²) in [5.74, 6) is 1.44. The minimum absolute atomic E-state index is 0.0251. The molecule has 0 bridgehead atoms. The highest BCUT2D eigenvalue weighted by molar-refractivity contribution is 5.77. The molecule has 0 saturated heterocycles. The number of benzene rings is 3. The van der Waals surface area contributed by atoms with Crippen molar-refractivity contribution < 1.29 is 9.53 Å². The van der Waals surface area contributed by atoms with Crippen LogP contribution >= 0.6 is 0 Å². The standard InChI is InChI=1S/C28H28N4O3/c33-27(29-16-14-26-30-23-12-6-5-11-22(23)28(34)31-26)15-17-32-18-21-10-4-7-13-24(21)35-25(19-32)20-8-2-1-3-9-20/h1-13,25H,14-19H2,(H,29,33)(H,30,31,34)/t25-/m0/s1. The maximum absolute atomic E-state index is 12.6. The van der Waals surface area contributed by atoms with Gasteiger partial charge in [-0.15, -0.1) is 0 Å². The third-order valence-electron chi connectivity index (χ3n) is 6.23. The van der Waals surface area contributed by atoms with Gasteiger partial charge in [-0.05, 0) is 23.8 Å². The third kappa shape index (κ3) is 5.58. The number of ether oxygens (including phenoxy) is 1. The van der Waals surface area contributed by atoms with E-state index in [0.717, 1.165) is 23.4 Å². The fraction of sp³-hybridized carbons (Fsp3) is 0.250. The van der Waals surface area contributed by atoms with Crippen molar-refractivity contribution in [3.05, 3.63) is 106 Å². The van der Waals surface area contributed by atoms with Crippen molar-refractivity contribution in [2.24, 2.45) is 0 Å². The van der Waals surface area contributed by atoms with Crippen molar-refractivity contribution in [1.82, 2.24) is 20.2 Å². The largest absolute Gasteiger partial charge is 0.484 e. The number of rotatable bonds is 7. The topological polar surface area (TPSA) is 87.3 Å². The SMILES string of the molecule is O=C(CCN1Cc2ccccc2O[C@H](c2ccccc2)C1)NCCc1nc2ccccc2c(=O)[nH]1. The zero-order valence-corrected chi connectivity index (χ0v) is 19.4. The fourth-order valence-corrected chi connectivity index (χ4v) is 4.41. The summed E-state index contributed by atoms with van der Waals surface area (Å²) in [5.41, 5.74) is 2.75. The van der Waals surface area contributed by atoms with Gasteiger partial charge < -0.3 is 15.0 Å². The Morgan fingerprint density at radius 1 is 1.03 bits per heavy atom. The summed E-state index contributed by atoms with van der Waals surface area (Å²) < 4.78 is 6.36. The first-order valence-corrected chi connectivity index (χ1v) is 11.9. The Bertz CT molecular complexity index is 1370. The predicted octanol–water partition coefficient (Wildman–Crippen LogP) is 3.61. The summed E-state index contributed by atoms with van der Waals surface area (Å²) in [5, 5.41) is 3.52. The van der Waals surface area contributed by atoms with Crippen molar-refractivity contribution >= 4 is 16.8 Å². The van der Waals surface area contributed by atoms with Crippen LogP contribution in [0.3, 0.4) is 0 Å². The van der Waals surface area contributed by atoms with E-state index in [-0.39, 0.29) is 17.6 Å². The molecule has 0 unspecified atom stereocenters. The van der Waals surface area contributed by atoms with Gasteiger partial charge >= 0.3 is 0 Å². The van der Waals surface area contributed by atoms with Gasteiger partial charge in [0.05, 0.1) is 10.9 Å². The van der Waals surface area contributed by atoms with Crippen LogP contribution in [0, 0.1) is 0 Å². The normalized spacial score (nSPS) is 15.7. The number of hydrogen-bond donors (Lipinski definition) is 2. The first kappa shape index (κ1) is 22.8. The molecular formula is C28H28N4O3. The van der Waals surface area contributed by atoms with E-state index in [9.17, 15) is 9.59 Å². The quantitative estimate of drug-likeness (QED) is 0.433. The maximum Gasteiger partial charge on any atom is 0.258 e. The highest BCUT2D eigenvalue weighted by Crippen LogP contribution is 2.31. The zero-order valence-electron chi connectivity index (χ0n) is 19.4. The van der Waals surface area contributed by atoms with Crippen LogP contribution in [0.25, 0.3) is 10.9 Å². The van der Waals surface area contributed by atoms with Crippen LogP contribution in [0.15, 0.2) is 83.7 Å². The molecule has 1 aliphatic rings. The van der Waals surface area contributed by atoms with Gasteiger partial charge in [-0.3, -0.25) is 14.5 Å². The maximum atomic E-state index is 12.6. The number of nitrogens with zero attached hydrogens (tertiary/aromatic N) is 2. The molecule has 35 heavy (non-hydrogen) atoms. The van der Waals surface area contributed by atoms with Gasteiger partial charge in [-0.1, -0.05) is 60.7 Å². The highest BCUT2D eigenvalue weighted by Gasteiger charge is 2.24. The van der Waals surface area contributed by atoms with Crippen LogP contribution < -0.4 is 15.6 Å². The number of amides is 1. The molecular weight excluding hydrogens is 440 g/mol. The van der Waals surface area contributed by atoms with Gasteiger partial charge in [-0.25, -0.2) is 4.98 Å². The van der Waals surface area contributed by atoms with Gasteiger partial charge in [0, 0.05) is 44.6 Å². The summed E-state index contributed by atoms with van der Waals surface area (Å²) in [6.07, 6.45) is 0.747. The molecule has 3 aromatic carbocycles. The second-order valence-electron chi connectivity index (χ2n) is 8.74. The molecule has 1 aliphatic heterocycles. The molecule has 0 aliphatic carbocycles. The molecule has 0 spiro atoms. The second-order valence-corrected chi connectivity index (χ2v) is 8.74. The Morgan fingerprint density at radius 2 is 1.80 bits per heavy atom. The minimum atomic E-state index is -0.159. The molecule has 178 valence electrons. The van der Waals surface area contributed by atoms with E-state index in [1.54, 1.807) is 6.07 Å². The van der Waals surface area contributed by atoms with Crippen molar-refractivity contribution in [3.63, 3.8) is 0 Å². The number of para-hydroxylation sites is 2. The summed E-state index contributed by atoms with van der Waals surface area (Å²) in [7, 11) is 0. The molecule has 2 heterocycles.